The summed E-state index contributed by atoms with van der Waals surface area (Å²) in [4.78, 5) is 42.8. The molecule has 11 heteroatoms. The number of aliphatic hydroxyl groups excluding tert-OH is 3. The number of nitrogens with zero attached hydrogens (tertiary/aromatic N) is 2. The van der Waals surface area contributed by atoms with E-state index in [4.69, 9.17) is 5.73 Å². The van der Waals surface area contributed by atoms with Gasteiger partial charge in [0.1, 0.15) is 22.8 Å². The minimum Gasteiger partial charge on any atom is -0.508 e. The topological polar surface area (TPSA) is 185 Å². The molecule has 0 bridgehead atoms. The molecule has 7 N–H and O–H groups in total. The number of benzene rings is 1. The zero-order valence-electron chi connectivity index (χ0n) is 23.4. The number of fused-ring (bicyclic) bond motifs is 3. The summed E-state index contributed by atoms with van der Waals surface area (Å²) in [6.45, 7) is 7.36. The van der Waals surface area contributed by atoms with Gasteiger partial charge in [0.05, 0.1) is 23.6 Å². The van der Waals surface area contributed by atoms with Crippen LogP contribution in [0.4, 0.5) is 5.69 Å². The van der Waals surface area contributed by atoms with Gasteiger partial charge in [-0.2, -0.15) is 0 Å². The minimum absolute atomic E-state index is 0.0119. The summed E-state index contributed by atoms with van der Waals surface area (Å²) < 4.78 is 0. The number of amides is 1. The zero-order valence-corrected chi connectivity index (χ0v) is 23.4. The molecule has 1 saturated carbocycles. The van der Waals surface area contributed by atoms with Crippen molar-refractivity contribution in [2.24, 2.45) is 17.6 Å². The van der Waals surface area contributed by atoms with Crippen LogP contribution >= 0.6 is 0 Å². The monoisotopic (exact) mass is 543 g/mol. The zero-order chi connectivity index (χ0) is 29.7. The third kappa shape index (κ3) is 3.63. The van der Waals surface area contributed by atoms with Gasteiger partial charge in [-0.25, -0.2) is 0 Å². The van der Waals surface area contributed by atoms with Gasteiger partial charge in [-0.1, -0.05) is 27.7 Å². The van der Waals surface area contributed by atoms with Crippen molar-refractivity contribution in [3.63, 3.8) is 0 Å². The molecule has 4 rings (SSSR count). The van der Waals surface area contributed by atoms with E-state index in [1.165, 1.54) is 19.0 Å². The van der Waals surface area contributed by atoms with Crippen LogP contribution in [-0.4, -0.2) is 93.8 Å². The first-order chi connectivity index (χ1) is 17.8. The number of Topliss-reactive ketones (excluding diaryl/α,β-unsaturated/α-hetero) is 2. The summed E-state index contributed by atoms with van der Waals surface area (Å²) in [7, 11) is 6.53. The Balaban J connectivity index is 2.13. The van der Waals surface area contributed by atoms with Gasteiger partial charge in [-0.05, 0) is 37.1 Å². The predicted octanol–water partition coefficient (Wildman–Crippen LogP) is 0.859. The molecule has 212 valence electrons. The van der Waals surface area contributed by atoms with E-state index in [0.717, 1.165) is 0 Å². The lowest BCUT2D eigenvalue weighted by Gasteiger charge is -2.54. The van der Waals surface area contributed by atoms with E-state index in [0.29, 0.717) is 16.8 Å². The molecule has 1 aromatic carbocycles. The number of hydrogen-bond acceptors (Lipinski definition) is 10. The number of ketones is 2. The predicted molar refractivity (Wildman–Crippen MR) is 143 cm³/mol. The largest absolute Gasteiger partial charge is 0.508 e. The lowest BCUT2D eigenvalue weighted by molar-refractivity contribution is -0.169. The van der Waals surface area contributed by atoms with E-state index < -0.39 is 81.1 Å². The highest BCUT2D eigenvalue weighted by atomic mass is 16.4. The molecule has 3 aliphatic rings. The van der Waals surface area contributed by atoms with E-state index in [9.17, 15) is 39.9 Å². The Bertz CT molecular complexity index is 1370. The molecule has 0 heterocycles. The number of nitrogens with two attached hydrogens (primary N) is 1. The summed E-state index contributed by atoms with van der Waals surface area (Å²) >= 11 is 0. The van der Waals surface area contributed by atoms with Gasteiger partial charge in [-0.15, -0.1) is 0 Å². The molecule has 39 heavy (non-hydrogen) atoms. The van der Waals surface area contributed by atoms with Gasteiger partial charge in [0.15, 0.2) is 11.4 Å². The highest BCUT2D eigenvalue weighted by Crippen LogP contribution is 2.58. The number of rotatable bonds is 3. The molecule has 0 aromatic heterocycles. The molecular weight excluding hydrogens is 506 g/mol. The van der Waals surface area contributed by atoms with Gasteiger partial charge in [-0.3, -0.25) is 19.3 Å². The van der Waals surface area contributed by atoms with Gasteiger partial charge in [0.25, 0.3) is 5.91 Å². The summed E-state index contributed by atoms with van der Waals surface area (Å²) in [5.74, 6) is -9.02. The summed E-state index contributed by atoms with van der Waals surface area (Å²) in [5, 5.41) is 57.7. The molecule has 0 spiro atoms. The van der Waals surface area contributed by atoms with Gasteiger partial charge >= 0.3 is 0 Å². The molecule has 0 aliphatic heterocycles. The number of aromatic hydroxyl groups is 1. The molecule has 0 saturated heterocycles. The second-order valence-electron chi connectivity index (χ2n) is 12.3. The molecular formula is C28H37N3O8. The van der Waals surface area contributed by atoms with Crippen molar-refractivity contribution >= 4 is 28.9 Å². The first-order valence-electron chi connectivity index (χ1n) is 12.7. The van der Waals surface area contributed by atoms with Crippen LogP contribution in [0.2, 0.25) is 0 Å². The maximum atomic E-state index is 14.1. The molecule has 6 atom stereocenters. The van der Waals surface area contributed by atoms with E-state index in [2.05, 4.69) is 0 Å². The maximum absolute atomic E-state index is 14.1. The Morgan fingerprint density at radius 2 is 1.64 bits per heavy atom. The number of primary amides is 1. The number of anilines is 1. The van der Waals surface area contributed by atoms with Crippen molar-refractivity contribution in [1.29, 1.82) is 0 Å². The van der Waals surface area contributed by atoms with E-state index in [1.807, 2.05) is 20.8 Å². The Morgan fingerprint density at radius 1 is 1.08 bits per heavy atom. The van der Waals surface area contributed by atoms with E-state index in [1.54, 1.807) is 32.0 Å². The summed E-state index contributed by atoms with van der Waals surface area (Å²) in [6.07, 6.45) is -1.64. The highest BCUT2D eigenvalue weighted by Gasteiger charge is 2.68. The molecule has 0 unspecified atom stereocenters. The van der Waals surface area contributed by atoms with E-state index in [-0.39, 0.29) is 11.3 Å². The average Bonchev–Trinajstić information content (AvgIpc) is 2.79. The van der Waals surface area contributed by atoms with Crippen LogP contribution in [0.15, 0.2) is 23.0 Å². The standard InChI is InChI=1S/C28H37N3O8/c1-10-13-12(30(5)6)9-11(27(2,3)4)20(32)15(13)21(33)16-14(10)22(34)18-19(31(7)8)23(35)17(26(29)38)25(37)28(18,39)24(16)36/h9-10,14,18-19,22,32-34,37,39H,1-8H3,(H2,29,38)/t10-,14+,18-,19-,22-,28-/m0/s1. The van der Waals surface area contributed by atoms with Crippen molar-refractivity contribution in [3.05, 3.63) is 39.7 Å². The summed E-state index contributed by atoms with van der Waals surface area (Å²) in [6, 6.07) is 0.408. The molecule has 11 nitrogen and oxygen atoms in total. The van der Waals surface area contributed by atoms with Gasteiger partial charge < -0.3 is 36.2 Å². The number of hydrogen-bond donors (Lipinski definition) is 6. The smallest absolute Gasteiger partial charge is 0.255 e. The lowest BCUT2D eigenvalue weighted by Crippen LogP contribution is -2.70. The first-order valence-corrected chi connectivity index (χ1v) is 12.7. The Labute approximate surface area is 226 Å². The quantitative estimate of drug-likeness (QED) is 0.299. The van der Waals surface area contributed by atoms with Crippen LogP contribution in [-0.2, 0) is 19.8 Å². The van der Waals surface area contributed by atoms with Gasteiger partial charge in [0.2, 0.25) is 5.78 Å². The van der Waals surface area contributed by atoms with Crippen LogP contribution in [0.1, 0.15) is 50.3 Å². The molecule has 3 aliphatic carbocycles. The number of carbonyl (C=O) groups excluding carboxylic acids is 3. The van der Waals surface area contributed by atoms with Crippen LogP contribution in [0.5, 0.6) is 5.75 Å². The average molecular weight is 544 g/mol. The second-order valence-corrected chi connectivity index (χ2v) is 12.3. The molecule has 0 radical (unpaired) electrons. The van der Waals surface area contributed by atoms with Crippen LogP contribution in [0.3, 0.4) is 0 Å². The number of aliphatic hydroxyl groups is 4. The van der Waals surface area contributed by atoms with Crippen molar-refractivity contribution in [1.82, 2.24) is 4.90 Å². The minimum atomic E-state index is -2.94. The summed E-state index contributed by atoms with van der Waals surface area (Å²) in [5.41, 5.74) is 2.12. The molecule has 1 amide bonds. The number of carbonyl (C=O) groups is 3. The second kappa shape index (κ2) is 8.80. The van der Waals surface area contributed by atoms with Crippen LogP contribution in [0.25, 0.3) is 5.76 Å². The third-order valence-electron chi connectivity index (χ3n) is 8.49. The Morgan fingerprint density at radius 3 is 2.10 bits per heavy atom. The Kier molecular flexibility index (Phi) is 6.45. The fraction of sp³-hybridized carbons (Fsp3) is 0.536. The maximum Gasteiger partial charge on any atom is 0.255 e. The number of likely N-dealkylation sites (N-methyl/N-ethyl adjacent to an activating group) is 1. The normalized spacial score (nSPS) is 30.8. The van der Waals surface area contributed by atoms with Crippen LogP contribution in [0, 0.1) is 11.8 Å². The first kappa shape index (κ1) is 28.6. The van der Waals surface area contributed by atoms with Crippen molar-refractivity contribution in [3.8, 4) is 5.75 Å². The van der Waals surface area contributed by atoms with Crippen LogP contribution < -0.4 is 10.6 Å². The number of phenolic OH excluding ortho intramolecular Hbond substituents is 1. The van der Waals surface area contributed by atoms with Crippen molar-refractivity contribution < 1.29 is 39.9 Å². The lowest BCUT2D eigenvalue weighted by atomic mass is 9.54. The third-order valence-corrected chi connectivity index (χ3v) is 8.49. The molecule has 1 aromatic rings. The number of phenols is 1. The fourth-order valence-electron chi connectivity index (χ4n) is 6.68. The highest BCUT2D eigenvalue weighted by molar-refractivity contribution is 6.24. The Hall–Kier alpha value is -3.41. The molecule has 1 fully saturated rings. The fourth-order valence-corrected chi connectivity index (χ4v) is 6.68. The van der Waals surface area contributed by atoms with E-state index >= 15 is 0 Å². The van der Waals surface area contributed by atoms with Gasteiger partial charge in [0, 0.05) is 36.8 Å². The SMILES string of the molecule is C[C@H]1c2c(N(C)C)cc(C(C)(C)C)c(O)c2C(O)=C2C(=O)[C@]3(O)C(O)=C(C(N)=O)C(=O)[C@@H](N(C)C)[C@H]3[C@@H](O)[C@@H]21. The van der Waals surface area contributed by atoms with Crippen molar-refractivity contribution in [2.75, 3.05) is 33.1 Å². The van der Waals surface area contributed by atoms with Crippen molar-refractivity contribution in [2.45, 2.75) is 56.8 Å².